The maximum atomic E-state index is 3.78. The zero-order valence-electron chi connectivity index (χ0n) is 12.5. The summed E-state index contributed by atoms with van der Waals surface area (Å²) in [5.41, 5.74) is 5.23. The average molecular weight is 323 g/mol. The third-order valence-electron chi connectivity index (χ3n) is 4.84. The number of unbranched alkanes of at least 4 members (excludes halogenated alkanes) is 1. The third-order valence-corrected chi connectivity index (χ3v) is 6.03. The Bertz CT molecular complexity index is 404. The summed E-state index contributed by atoms with van der Waals surface area (Å²) in [5.74, 6) is 0. The highest BCUT2D eigenvalue weighted by Crippen LogP contribution is 2.36. The molecule has 1 aliphatic carbocycles. The van der Waals surface area contributed by atoms with Crippen molar-refractivity contribution < 1.29 is 0 Å². The van der Waals surface area contributed by atoms with Crippen LogP contribution in [0.1, 0.15) is 62.6 Å². The van der Waals surface area contributed by atoms with Gasteiger partial charge < -0.3 is 0 Å². The second kappa shape index (κ2) is 6.92. The Balaban J connectivity index is 2.12. The first-order valence-corrected chi connectivity index (χ1v) is 9.02. The van der Waals surface area contributed by atoms with Gasteiger partial charge in [-0.2, -0.15) is 0 Å². The number of rotatable bonds is 7. The first-order chi connectivity index (χ1) is 9.23. The molecular weight excluding hydrogens is 296 g/mol. The molecule has 0 spiro atoms. The number of halogens is 1. The Kier molecular flexibility index (Phi) is 5.50. The van der Waals surface area contributed by atoms with E-state index < -0.39 is 0 Å². The summed E-state index contributed by atoms with van der Waals surface area (Å²) in [4.78, 5) is 0. The molecule has 0 N–H and O–H groups in total. The zero-order chi connectivity index (χ0) is 13.7. The van der Waals surface area contributed by atoms with Gasteiger partial charge in [0.1, 0.15) is 0 Å². The van der Waals surface area contributed by atoms with Crippen LogP contribution in [0, 0.1) is 5.41 Å². The van der Waals surface area contributed by atoms with Gasteiger partial charge in [-0.05, 0) is 60.6 Å². The fourth-order valence-corrected chi connectivity index (χ4v) is 4.19. The predicted octanol–water partition coefficient (Wildman–Crippen LogP) is 5.70. The van der Waals surface area contributed by atoms with Crippen LogP contribution in [-0.4, -0.2) is 5.33 Å². The fourth-order valence-electron chi connectivity index (χ4n) is 3.32. The van der Waals surface area contributed by atoms with Crippen molar-refractivity contribution in [3.05, 3.63) is 34.9 Å². The quantitative estimate of drug-likeness (QED) is 0.565. The maximum Gasteiger partial charge on any atom is 0.00910 e. The molecule has 0 radical (unpaired) electrons. The molecule has 106 valence electrons. The normalized spacial score (nSPS) is 17.2. The Morgan fingerprint density at radius 3 is 2.63 bits per heavy atom. The Labute approximate surface area is 127 Å². The van der Waals surface area contributed by atoms with Gasteiger partial charge in [0.15, 0.2) is 0 Å². The number of benzene rings is 1. The van der Waals surface area contributed by atoms with Crippen molar-refractivity contribution in [1.29, 1.82) is 0 Å². The first-order valence-electron chi connectivity index (χ1n) is 7.89. The van der Waals surface area contributed by atoms with E-state index in [2.05, 4.69) is 48.0 Å². The molecule has 0 heterocycles. The Hall–Kier alpha value is -0.300. The molecule has 0 nitrogen and oxygen atoms in total. The molecule has 1 aromatic rings. The largest absolute Gasteiger partial charge is 0.0922 e. The van der Waals surface area contributed by atoms with Crippen LogP contribution in [0.2, 0.25) is 0 Å². The molecule has 1 aliphatic rings. The van der Waals surface area contributed by atoms with Gasteiger partial charge in [0, 0.05) is 5.33 Å². The van der Waals surface area contributed by atoms with E-state index in [4.69, 9.17) is 0 Å². The molecule has 0 amide bonds. The van der Waals surface area contributed by atoms with Gasteiger partial charge in [0.05, 0.1) is 0 Å². The van der Waals surface area contributed by atoms with Gasteiger partial charge in [-0.1, -0.05) is 60.8 Å². The molecule has 1 unspecified atom stereocenters. The summed E-state index contributed by atoms with van der Waals surface area (Å²) < 4.78 is 0. The Morgan fingerprint density at radius 2 is 1.95 bits per heavy atom. The maximum absolute atomic E-state index is 3.78. The van der Waals surface area contributed by atoms with Crippen LogP contribution >= 0.6 is 15.9 Å². The molecule has 0 saturated heterocycles. The lowest BCUT2D eigenvalue weighted by Crippen LogP contribution is -2.25. The van der Waals surface area contributed by atoms with Crippen molar-refractivity contribution in [2.75, 3.05) is 5.33 Å². The van der Waals surface area contributed by atoms with Crippen LogP contribution in [0.5, 0.6) is 0 Å². The van der Waals surface area contributed by atoms with Crippen LogP contribution in [0.25, 0.3) is 0 Å². The molecule has 1 heteroatoms. The van der Waals surface area contributed by atoms with E-state index in [9.17, 15) is 0 Å². The smallest absolute Gasteiger partial charge is 0.00910 e. The van der Waals surface area contributed by atoms with Crippen molar-refractivity contribution in [3.63, 3.8) is 0 Å². The monoisotopic (exact) mass is 322 g/mol. The SMILES string of the molecule is CCCCC(CC)(CBr)Cc1ccc2c(c1)CCC2. The van der Waals surface area contributed by atoms with Gasteiger partial charge in [0.2, 0.25) is 0 Å². The fraction of sp³-hybridized carbons (Fsp3) is 0.667. The lowest BCUT2D eigenvalue weighted by molar-refractivity contribution is 0.284. The van der Waals surface area contributed by atoms with Gasteiger partial charge in [0.25, 0.3) is 0 Å². The highest BCUT2D eigenvalue weighted by Gasteiger charge is 2.27. The summed E-state index contributed by atoms with van der Waals surface area (Å²) >= 11 is 3.78. The van der Waals surface area contributed by atoms with E-state index in [0.29, 0.717) is 5.41 Å². The summed E-state index contributed by atoms with van der Waals surface area (Å²) in [7, 11) is 0. The molecule has 0 fully saturated rings. The van der Waals surface area contributed by atoms with Crippen molar-refractivity contribution >= 4 is 15.9 Å². The molecule has 0 aliphatic heterocycles. The number of hydrogen-bond donors (Lipinski definition) is 0. The van der Waals surface area contributed by atoms with Gasteiger partial charge in [-0.3, -0.25) is 0 Å². The van der Waals surface area contributed by atoms with Crippen LogP contribution in [0.4, 0.5) is 0 Å². The minimum absolute atomic E-state index is 0.461. The van der Waals surface area contributed by atoms with E-state index in [0.717, 1.165) is 5.33 Å². The van der Waals surface area contributed by atoms with Crippen molar-refractivity contribution in [3.8, 4) is 0 Å². The van der Waals surface area contributed by atoms with Crippen LogP contribution in [0.15, 0.2) is 18.2 Å². The van der Waals surface area contributed by atoms with Crippen LogP contribution < -0.4 is 0 Å². The second-order valence-corrected chi connectivity index (χ2v) is 6.78. The average Bonchev–Trinajstić information content (AvgIpc) is 2.91. The number of aryl methyl sites for hydroxylation is 2. The van der Waals surface area contributed by atoms with E-state index in [1.807, 2.05) is 0 Å². The predicted molar refractivity (Wildman–Crippen MR) is 88.2 cm³/mol. The number of hydrogen-bond acceptors (Lipinski definition) is 0. The summed E-state index contributed by atoms with van der Waals surface area (Å²) in [6.07, 6.45) is 10.5. The molecule has 2 rings (SSSR count). The molecular formula is C18H27Br. The van der Waals surface area contributed by atoms with Gasteiger partial charge in [-0.25, -0.2) is 0 Å². The van der Waals surface area contributed by atoms with E-state index in [1.165, 1.54) is 51.4 Å². The minimum atomic E-state index is 0.461. The van der Waals surface area contributed by atoms with Crippen molar-refractivity contribution in [1.82, 2.24) is 0 Å². The van der Waals surface area contributed by atoms with E-state index in [1.54, 1.807) is 16.7 Å². The van der Waals surface area contributed by atoms with Crippen molar-refractivity contribution in [2.45, 2.75) is 65.2 Å². The molecule has 0 aromatic heterocycles. The minimum Gasteiger partial charge on any atom is -0.0922 e. The number of fused-ring (bicyclic) bond motifs is 1. The number of alkyl halides is 1. The molecule has 0 bridgehead atoms. The van der Waals surface area contributed by atoms with Gasteiger partial charge >= 0.3 is 0 Å². The second-order valence-electron chi connectivity index (χ2n) is 6.22. The summed E-state index contributed by atoms with van der Waals surface area (Å²) in [5, 5.41) is 1.13. The van der Waals surface area contributed by atoms with Crippen molar-refractivity contribution in [2.24, 2.45) is 5.41 Å². The Morgan fingerprint density at radius 1 is 1.16 bits per heavy atom. The van der Waals surface area contributed by atoms with Crippen LogP contribution in [0.3, 0.4) is 0 Å². The van der Waals surface area contributed by atoms with Gasteiger partial charge in [-0.15, -0.1) is 0 Å². The first kappa shape index (κ1) is 15.1. The topological polar surface area (TPSA) is 0 Å². The standard InChI is InChI=1S/C18H27Br/c1-3-5-11-18(4-2,14-19)13-15-9-10-16-7-6-8-17(16)12-15/h9-10,12H,3-8,11,13-14H2,1-2H3. The summed E-state index contributed by atoms with van der Waals surface area (Å²) in [6.45, 7) is 4.65. The molecule has 1 aromatic carbocycles. The lowest BCUT2D eigenvalue weighted by atomic mass is 9.77. The highest BCUT2D eigenvalue weighted by molar-refractivity contribution is 9.09. The zero-order valence-corrected chi connectivity index (χ0v) is 14.1. The third kappa shape index (κ3) is 3.62. The summed E-state index contributed by atoms with van der Waals surface area (Å²) in [6, 6.07) is 7.25. The van der Waals surface area contributed by atoms with Crippen LogP contribution in [-0.2, 0) is 19.3 Å². The molecule has 19 heavy (non-hydrogen) atoms. The molecule has 1 atom stereocenters. The lowest BCUT2D eigenvalue weighted by Gasteiger charge is -2.31. The van der Waals surface area contributed by atoms with E-state index >= 15 is 0 Å². The highest BCUT2D eigenvalue weighted by atomic mass is 79.9. The molecule has 0 saturated carbocycles. The van der Waals surface area contributed by atoms with E-state index in [-0.39, 0.29) is 0 Å².